The lowest BCUT2D eigenvalue weighted by atomic mass is 10.0. The first-order chi connectivity index (χ1) is 15.1. The fourth-order valence-corrected chi connectivity index (χ4v) is 3.26. The van der Waals surface area contributed by atoms with Crippen LogP contribution in [0.15, 0.2) is 67.3 Å². The van der Waals surface area contributed by atoms with Crippen molar-refractivity contribution in [1.29, 1.82) is 0 Å². The summed E-state index contributed by atoms with van der Waals surface area (Å²) in [5, 5.41) is 10.5. The third-order valence-corrected chi connectivity index (χ3v) is 4.64. The van der Waals surface area contributed by atoms with Crippen LogP contribution in [0.3, 0.4) is 0 Å². The zero-order valence-corrected chi connectivity index (χ0v) is 17.1. The van der Waals surface area contributed by atoms with E-state index in [2.05, 4.69) is 6.58 Å². The summed E-state index contributed by atoms with van der Waals surface area (Å²) in [6.45, 7) is 4.20. The monoisotopic (exact) mass is 420 g/mol. The Labute approximate surface area is 180 Å². The molecule has 3 aromatic rings. The molecule has 0 heterocycles. The molecule has 0 atom stereocenters. The summed E-state index contributed by atoms with van der Waals surface area (Å²) in [6, 6.07) is 16.4. The molecule has 0 aliphatic heterocycles. The standard InChI is InChI=1S/C25H24O6/c1-2-7-19-18(16-26)8-3-11-22(19)29-14-6-15-30-23-12-4-10-21-20(23)9-5-13-24(21)31-17-25(27)28/h2-5,8-13,16H,1,6-7,14-15,17H2,(H,27,28). The molecule has 0 aliphatic carbocycles. The van der Waals surface area contributed by atoms with E-state index in [1.165, 1.54) is 0 Å². The highest BCUT2D eigenvalue weighted by molar-refractivity contribution is 5.93. The third kappa shape index (κ3) is 5.63. The van der Waals surface area contributed by atoms with E-state index in [9.17, 15) is 9.59 Å². The molecule has 3 rings (SSSR count). The Balaban J connectivity index is 1.60. The highest BCUT2D eigenvalue weighted by Crippen LogP contribution is 2.32. The number of carboxylic acid groups (broad SMARTS) is 1. The Kier molecular flexibility index (Phi) is 7.65. The van der Waals surface area contributed by atoms with E-state index in [0.717, 1.165) is 22.6 Å². The Morgan fingerprint density at radius 2 is 1.45 bits per heavy atom. The molecule has 0 saturated heterocycles. The van der Waals surface area contributed by atoms with Crippen molar-refractivity contribution in [1.82, 2.24) is 0 Å². The van der Waals surface area contributed by atoms with E-state index < -0.39 is 12.6 Å². The minimum absolute atomic E-state index is 0.402. The number of aldehydes is 1. The average molecular weight is 420 g/mol. The second-order valence-electron chi connectivity index (χ2n) is 6.77. The molecule has 0 radical (unpaired) electrons. The van der Waals surface area contributed by atoms with Crippen LogP contribution >= 0.6 is 0 Å². The van der Waals surface area contributed by atoms with Crippen molar-refractivity contribution in [3.05, 3.63) is 78.4 Å². The van der Waals surface area contributed by atoms with Gasteiger partial charge in [-0.05, 0) is 24.6 Å². The van der Waals surface area contributed by atoms with Gasteiger partial charge in [-0.2, -0.15) is 0 Å². The fraction of sp³-hybridized carbons (Fsp3) is 0.200. The quantitative estimate of drug-likeness (QED) is 0.260. The number of rotatable bonds is 12. The lowest BCUT2D eigenvalue weighted by Gasteiger charge is -2.14. The third-order valence-electron chi connectivity index (χ3n) is 4.64. The number of carbonyl (C=O) groups is 2. The average Bonchev–Trinajstić information content (AvgIpc) is 2.78. The van der Waals surface area contributed by atoms with Crippen molar-refractivity contribution in [2.45, 2.75) is 12.8 Å². The Morgan fingerprint density at radius 3 is 2.06 bits per heavy atom. The molecule has 1 N–H and O–H groups in total. The van der Waals surface area contributed by atoms with Gasteiger partial charge in [0.05, 0.1) is 13.2 Å². The maximum absolute atomic E-state index is 11.2. The number of fused-ring (bicyclic) bond motifs is 1. The first-order valence-corrected chi connectivity index (χ1v) is 9.94. The summed E-state index contributed by atoms with van der Waals surface area (Å²) in [4.78, 5) is 22.0. The second-order valence-corrected chi connectivity index (χ2v) is 6.77. The minimum Gasteiger partial charge on any atom is -0.493 e. The minimum atomic E-state index is -1.03. The van der Waals surface area contributed by atoms with Gasteiger partial charge >= 0.3 is 5.97 Å². The smallest absolute Gasteiger partial charge is 0.341 e. The summed E-state index contributed by atoms with van der Waals surface area (Å²) >= 11 is 0. The molecule has 160 valence electrons. The summed E-state index contributed by atoms with van der Waals surface area (Å²) < 4.78 is 17.2. The highest BCUT2D eigenvalue weighted by Gasteiger charge is 2.10. The predicted octanol–water partition coefficient (Wildman–Crippen LogP) is 4.69. The van der Waals surface area contributed by atoms with Gasteiger partial charge in [0.15, 0.2) is 6.61 Å². The first-order valence-electron chi connectivity index (χ1n) is 9.94. The number of carbonyl (C=O) groups excluding carboxylic acids is 1. The van der Waals surface area contributed by atoms with Crippen molar-refractivity contribution in [2.75, 3.05) is 19.8 Å². The molecule has 0 amide bonds. The zero-order valence-electron chi connectivity index (χ0n) is 17.1. The fourth-order valence-electron chi connectivity index (χ4n) is 3.26. The van der Waals surface area contributed by atoms with Gasteiger partial charge in [-0.1, -0.05) is 42.5 Å². The van der Waals surface area contributed by atoms with Gasteiger partial charge in [-0.15, -0.1) is 6.58 Å². The van der Waals surface area contributed by atoms with E-state index in [4.69, 9.17) is 19.3 Å². The molecule has 0 aromatic heterocycles. The van der Waals surface area contributed by atoms with Gasteiger partial charge in [-0.25, -0.2) is 4.79 Å². The molecule has 0 spiro atoms. The largest absolute Gasteiger partial charge is 0.493 e. The van der Waals surface area contributed by atoms with Gasteiger partial charge in [0.1, 0.15) is 23.5 Å². The van der Waals surface area contributed by atoms with Crippen LogP contribution in [0.2, 0.25) is 0 Å². The van der Waals surface area contributed by atoms with Crippen LogP contribution in [0, 0.1) is 0 Å². The summed E-state index contributed by atoms with van der Waals surface area (Å²) in [7, 11) is 0. The molecule has 3 aromatic carbocycles. The zero-order chi connectivity index (χ0) is 22.1. The van der Waals surface area contributed by atoms with E-state index in [1.54, 1.807) is 30.3 Å². The molecule has 6 heteroatoms. The molecular weight excluding hydrogens is 396 g/mol. The molecule has 0 fully saturated rings. The highest BCUT2D eigenvalue weighted by atomic mass is 16.5. The van der Waals surface area contributed by atoms with E-state index in [0.29, 0.717) is 48.9 Å². The number of hydrogen-bond acceptors (Lipinski definition) is 5. The SMILES string of the molecule is C=CCc1c(C=O)cccc1OCCCOc1cccc2c(OCC(=O)O)cccc12. The van der Waals surface area contributed by atoms with Crippen molar-refractivity contribution in [3.8, 4) is 17.2 Å². The van der Waals surface area contributed by atoms with E-state index >= 15 is 0 Å². The molecule has 0 bridgehead atoms. The Bertz CT molecular complexity index is 1070. The van der Waals surface area contributed by atoms with Crippen LogP contribution in [0.1, 0.15) is 22.3 Å². The maximum Gasteiger partial charge on any atom is 0.341 e. The lowest BCUT2D eigenvalue weighted by Crippen LogP contribution is -2.09. The van der Waals surface area contributed by atoms with E-state index in [-0.39, 0.29) is 0 Å². The normalized spacial score (nSPS) is 10.5. The summed E-state index contributed by atoms with van der Waals surface area (Å²) in [6.07, 6.45) is 3.77. The van der Waals surface area contributed by atoms with E-state index in [1.807, 2.05) is 30.3 Å². The predicted molar refractivity (Wildman–Crippen MR) is 118 cm³/mol. The summed E-state index contributed by atoms with van der Waals surface area (Å²) in [5.74, 6) is 0.835. The number of benzene rings is 3. The maximum atomic E-state index is 11.2. The van der Waals surface area contributed by atoms with Crippen molar-refractivity contribution >= 4 is 23.0 Å². The van der Waals surface area contributed by atoms with Crippen molar-refractivity contribution in [2.24, 2.45) is 0 Å². The van der Waals surface area contributed by atoms with Crippen LogP contribution in [0.5, 0.6) is 17.2 Å². The Hall–Kier alpha value is -3.80. The second kappa shape index (κ2) is 10.8. The van der Waals surface area contributed by atoms with Gasteiger partial charge in [-0.3, -0.25) is 4.79 Å². The number of hydrogen-bond donors (Lipinski definition) is 1. The van der Waals surface area contributed by atoms with Crippen molar-refractivity contribution < 1.29 is 28.9 Å². The number of ether oxygens (including phenoxy) is 3. The molecule has 0 aliphatic rings. The van der Waals surface area contributed by atoms with Crippen molar-refractivity contribution in [3.63, 3.8) is 0 Å². The van der Waals surface area contributed by atoms with Gasteiger partial charge in [0.2, 0.25) is 0 Å². The van der Waals surface area contributed by atoms with Crippen LogP contribution in [0.25, 0.3) is 10.8 Å². The first kappa shape index (κ1) is 21.9. The van der Waals surface area contributed by atoms with Gasteiger partial charge < -0.3 is 19.3 Å². The lowest BCUT2D eigenvalue weighted by molar-refractivity contribution is -0.139. The Morgan fingerprint density at radius 1 is 0.871 bits per heavy atom. The topological polar surface area (TPSA) is 82.1 Å². The van der Waals surface area contributed by atoms with Gasteiger partial charge in [0.25, 0.3) is 0 Å². The summed E-state index contributed by atoms with van der Waals surface area (Å²) in [5.41, 5.74) is 1.43. The molecule has 31 heavy (non-hydrogen) atoms. The van der Waals surface area contributed by atoms with Crippen LogP contribution in [-0.4, -0.2) is 37.2 Å². The molecule has 0 unspecified atom stereocenters. The number of carboxylic acids is 1. The van der Waals surface area contributed by atoms with Crippen LogP contribution < -0.4 is 14.2 Å². The van der Waals surface area contributed by atoms with Crippen LogP contribution in [0.4, 0.5) is 0 Å². The number of allylic oxidation sites excluding steroid dienone is 1. The molecule has 6 nitrogen and oxygen atoms in total. The van der Waals surface area contributed by atoms with Crippen LogP contribution in [-0.2, 0) is 11.2 Å². The molecular formula is C25H24O6. The molecule has 0 saturated carbocycles. The number of aliphatic carboxylic acids is 1. The van der Waals surface area contributed by atoms with Gasteiger partial charge in [0, 0.05) is 28.3 Å².